The second-order valence-electron chi connectivity index (χ2n) is 4.93. The number of likely N-dealkylation sites (tertiary alicyclic amines) is 1. The fourth-order valence-electron chi connectivity index (χ4n) is 2.43. The Bertz CT molecular complexity index is 506. The number of rotatable bonds is 4. The maximum absolute atomic E-state index is 12.0. The number of amides is 2. The molecular weight excluding hydrogens is 300 g/mol. The third-order valence-corrected chi connectivity index (χ3v) is 4.78. The number of hydrogen-bond acceptors (Lipinski definition) is 3. The van der Waals surface area contributed by atoms with Gasteiger partial charge in [-0.25, -0.2) is 9.59 Å². The zero-order valence-electron chi connectivity index (χ0n) is 11.1. The third kappa shape index (κ3) is 3.43. The molecule has 0 spiro atoms. The van der Waals surface area contributed by atoms with Crippen molar-refractivity contribution < 1.29 is 14.7 Å². The number of nitrogens with zero attached hydrogens (tertiary/aromatic N) is 1. The van der Waals surface area contributed by atoms with Crippen LogP contribution in [0.3, 0.4) is 0 Å². The lowest BCUT2D eigenvalue weighted by atomic mass is 10.0. The van der Waals surface area contributed by atoms with Crippen LogP contribution in [0.5, 0.6) is 0 Å². The molecule has 0 saturated carbocycles. The summed E-state index contributed by atoms with van der Waals surface area (Å²) in [5.41, 5.74) is 0. The minimum atomic E-state index is -0.935. The summed E-state index contributed by atoms with van der Waals surface area (Å²) in [6.45, 7) is 2.83. The number of aliphatic carboxylic acids is 1. The van der Waals surface area contributed by atoms with Gasteiger partial charge in [0.1, 0.15) is 6.04 Å². The van der Waals surface area contributed by atoms with Crippen LogP contribution in [0.25, 0.3) is 0 Å². The first kappa shape index (κ1) is 15.1. The number of carbonyl (C=O) groups excluding carboxylic acids is 1. The van der Waals surface area contributed by atoms with E-state index in [4.69, 9.17) is 11.6 Å². The van der Waals surface area contributed by atoms with Gasteiger partial charge in [-0.05, 0) is 30.9 Å². The van der Waals surface area contributed by atoms with Gasteiger partial charge in [0.25, 0.3) is 0 Å². The highest BCUT2D eigenvalue weighted by atomic mass is 35.5. The van der Waals surface area contributed by atoms with Crippen molar-refractivity contribution in [3.05, 3.63) is 21.3 Å². The molecule has 1 saturated heterocycles. The van der Waals surface area contributed by atoms with Gasteiger partial charge in [-0.15, -0.1) is 11.3 Å². The summed E-state index contributed by atoms with van der Waals surface area (Å²) < 4.78 is 0.727. The highest BCUT2D eigenvalue weighted by Crippen LogP contribution is 2.24. The van der Waals surface area contributed by atoms with E-state index in [-0.39, 0.29) is 11.9 Å². The van der Waals surface area contributed by atoms with Crippen molar-refractivity contribution in [2.75, 3.05) is 13.1 Å². The quantitative estimate of drug-likeness (QED) is 0.896. The van der Waals surface area contributed by atoms with E-state index in [1.807, 2.05) is 19.1 Å². The number of nitrogens with one attached hydrogen (secondary N) is 1. The van der Waals surface area contributed by atoms with Crippen LogP contribution < -0.4 is 5.32 Å². The molecule has 0 aromatic carbocycles. The first-order valence-corrected chi connectivity index (χ1v) is 7.70. The Labute approximate surface area is 126 Å². The van der Waals surface area contributed by atoms with Crippen LogP contribution in [0.2, 0.25) is 4.34 Å². The minimum absolute atomic E-state index is 0.00523. The molecule has 1 fully saturated rings. The molecule has 0 radical (unpaired) electrons. The van der Waals surface area contributed by atoms with Crippen LogP contribution >= 0.6 is 22.9 Å². The zero-order valence-corrected chi connectivity index (χ0v) is 12.7. The summed E-state index contributed by atoms with van der Waals surface area (Å²) in [6.07, 6.45) is 1.43. The largest absolute Gasteiger partial charge is 0.480 e. The molecule has 2 amide bonds. The van der Waals surface area contributed by atoms with Crippen molar-refractivity contribution in [1.29, 1.82) is 0 Å². The predicted molar refractivity (Wildman–Crippen MR) is 78.3 cm³/mol. The maximum atomic E-state index is 12.0. The normalized spacial score (nSPS) is 22.0. The molecule has 1 aromatic heterocycles. The van der Waals surface area contributed by atoms with Gasteiger partial charge < -0.3 is 15.3 Å². The molecule has 2 rings (SSSR count). The van der Waals surface area contributed by atoms with Gasteiger partial charge in [-0.2, -0.15) is 0 Å². The molecule has 1 aromatic rings. The van der Waals surface area contributed by atoms with E-state index in [2.05, 4.69) is 5.32 Å². The molecule has 5 nitrogen and oxygen atoms in total. The van der Waals surface area contributed by atoms with Crippen LogP contribution in [-0.2, 0) is 11.2 Å². The number of urea groups is 1. The molecule has 2 N–H and O–H groups in total. The number of carbonyl (C=O) groups is 2. The molecule has 2 heterocycles. The Hall–Kier alpha value is -1.27. The van der Waals surface area contributed by atoms with Crippen LogP contribution in [0.15, 0.2) is 12.1 Å². The van der Waals surface area contributed by atoms with Crippen molar-refractivity contribution in [2.45, 2.75) is 25.8 Å². The molecule has 1 aliphatic heterocycles. The van der Waals surface area contributed by atoms with Gasteiger partial charge in [0, 0.05) is 18.0 Å². The Morgan fingerprint density at radius 1 is 1.55 bits per heavy atom. The van der Waals surface area contributed by atoms with E-state index < -0.39 is 12.0 Å². The molecule has 0 bridgehead atoms. The highest BCUT2D eigenvalue weighted by Gasteiger charge is 2.39. The smallest absolute Gasteiger partial charge is 0.326 e. The number of carboxylic acid groups (broad SMARTS) is 1. The lowest BCUT2D eigenvalue weighted by molar-refractivity contribution is -0.142. The van der Waals surface area contributed by atoms with E-state index in [0.717, 1.165) is 15.6 Å². The Morgan fingerprint density at radius 3 is 2.90 bits per heavy atom. The summed E-state index contributed by atoms with van der Waals surface area (Å²) in [4.78, 5) is 25.7. The Morgan fingerprint density at radius 2 is 2.30 bits per heavy atom. The van der Waals surface area contributed by atoms with Crippen molar-refractivity contribution >= 4 is 34.9 Å². The van der Waals surface area contributed by atoms with Crippen LogP contribution in [0.4, 0.5) is 4.79 Å². The van der Waals surface area contributed by atoms with Gasteiger partial charge in [-0.1, -0.05) is 18.5 Å². The molecule has 0 aliphatic carbocycles. The van der Waals surface area contributed by atoms with E-state index in [0.29, 0.717) is 19.5 Å². The van der Waals surface area contributed by atoms with Crippen molar-refractivity contribution in [3.8, 4) is 0 Å². The highest BCUT2D eigenvalue weighted by molar-refractivity contribution is 7.16. The van der Waals surface area contributed by atoms with Crippen molar-refractivity contribution in [3.63, 3.8) is 0 Å². The number of thiophene rings is 1. The third-order valence-electron chi connectivity index (χ3n) is 3.49. The van der Waals surface area contributed by atoms with Gasteiger partial charge >= 0.3 is 12.0 Å². The van der Waals surface area contributed by atoms with Gasteiger partial charge in [-0.3, -0.25) is 0 Å². The summed E-state index contributed by atoms with van der Waals surface area (Å²) in [6, 6.07) is 2.74. The first-order chi connectivity index (χ1) is 9.49. The fraction of sp³-hybridized carbons (Fsp3) is 0.538. The second kappa shape index (κ2) is 6.45. The average molecular weight is 317 g/mol. The second-order valence-corrected chi connectivity index (χ2v) is 6.73. The Balaban J connectivity index is 1.84. The van der Waals surface area contributed by atoms with Gasteiger partial charge in [0.05, 0.1) is 4.34 Å². The average Bonchev–Trinajstić information content (AvgIpc) is 2.95. The van der Waals surface area contributed by atoms with Gasteiger partial charge in [0.15, 0.2) is 0 Å². The molecule has 7 heteroatoms. The SMILES string of the molecule is CC1CCN(C(=O)NCCc2ccc(Cl)s2)C1C(=O)O. The molecule has 110 valence electrons. The molecule has 20 heavy (non-hydrogen) atoms. The lowest BCUT2D eigenvalue weighted by Crippen LogP contribution is -2.47. The summed E-state index contributed by atoms with van der Waals surface area (Å²) >= 11 is 7.32. The summed E-state index contributed by atoms with van der Waals surface area (Å²) in [5.74, 6) is -0.940. The van der Waals surface area contributed by atoms with Gasteiger partial charge in [0.2, 0.25) is 0 Å². The van der Waals surface area contributed by atoms with Crippen LogP contribution in [0, 0.1) is 5.92 Å². The van der Waals surface area contributed by atoms with Crippen molar-refractivity contribution in [2.24, 2.45) is 5.92 Å². The van der Waals surface area contributed by atoms with Crippen LogP contribution in [0.1, 0.15) is 18.2 Å². The molecule has 1 aliphatic rings. The lowest BCUT2D eigenvalue weighted by Gasteiger charge is -2.23. The number of carboxylic acids is 1. The van der Waals surface area contributed by atoms with E-state index >= 15 is 0 Å². The van der Waals surface area contributed by atoms with E-state index in [1.54, 1.807) is 0 Å². The van der Waals surface area contributed by atoms with E-state index in [9.17, 15) is 14.7 Å². The maximum Gasteiger partial charge on any atom is 0.326 e. The molecule has 2 unspecified atom stereocenters. The Kier molecular flexibility index (Phi) is 4.88. The predicted octanol–water partition coefficient (Wildman–Crippen LogP) is 2.45. The molecular formula is C13H17ClN2O3S. The van der Waals surface area contributed by atoms with Crippen molar-refractivity contribution in [1.82, 2.24) is 10.2 Å². The van der Waals surface area contributed by atoms with E-state index in [1.165, 1.54) is 16.2 Å². The first-order valence-electron chi connectivity index (χ1n) is 6.50. The molecule has 2 atom stereocenters. The monoisotopic (exact) mass is 316 g/mol. The number of halogens is 1. The standard InChI is InChI=1S/C13H17ClN2O3S/c1-8-5-7-16(11(8)12(17)18)13(19)15-6-4-9-2-3-10(14)20-9/h2-3,8,11H,4-7H2,1H3,(H,15,19)(H,17,18). The number of hydrogen-bond donors (Lipinski definition) is 2. The summed E-state index contributed by atoms with van der Waals surface area (Å²) in [7, 11) is 0. The van der Waals surface area contributed by atoms with Crippen LogP contribution in [-0.4, -0.2) is 41.1 Å². The topological polar surface area (TPSA) is 69.6 Å². The zero-order chi connectivity index (χ0) is 14.7. The minimum Gasteiger partial charge on any atom is -0.480 e. The fourth-order valence-corrected chi connectivity index (χ4v) is 3.52. The summed E-state index contributed by atoms with van der Waals surface area (Å²) in [5, 5.41) is 11.9.